The molecule has 1 heterocycles. The molecule has 0 spiro atoms. The van der Waals surface area contributed by atoms with E-state index in [1.807, 2.05) is 19.9 Å². The van der Waals surface area contributed by atoms with Crippen LogP contribution in [0.5, 0.6) is 0 Å². The van der Waals surface area contributed by atoms with Crippen LogP contribution in [0.25, 0.3) is 0 Å². The van der Waals surface area contributed by atoms with Crippen LogP contribution in [0.2, 0.25) is 0 Å². The zero-order chi connectivity index (χ0) is 12.1. The molecule has 5 nitrogen and oxygen atoms in total. The van der Waals surface area contributed by atoms with Gasteiger partial charge in [0.25, 0.3) is 0 Å². The van der Waals surface area contributed by atoms with Crippen LogP contribution in [0.3, 0.4) is 0 Å². The van der Waals surface area contributed by atoms with Crippen molar-refractivity contribution in [1.29, 1.82) is 5.26 Å². The minimum atomic E-state index is -0.512. The van der Waals surface area contributed by atoms with E-state index < -0.39 is 12.1 Å². The highest BCUT2D eigenvalue weighted by Crippen LogP contribution is 2.11. The van der Waals surface area contributed by atoms with Crippen molar-refractivity contribution in [2.24, 2.45) is 11.7 Å². The Balaban J connectivity index is 2.57. The molecule has 1 aliphatic rings. The molecule has 3 atom stereocenters. The van der Waals surface area contributed by atoms with E-state index in [9.17, 15) is 4.79 Å². The van der Waals surface area contributed by atoms with Gasteiger partial charge in [0.15, 0.2) is 6.10 Å². The van der Waals surface area contributed by atoms with Crippen LogP contribution in [-0.2, 0) is 9.53 Å². The molecule has 1 fully saturated rings. The Labute approximate surface area is 96.2 Å². The molecule has 0 aromatic heterocycles. The Hall–Kier alpha value is -1.12. The van der Waals surface area contributed by atoms with Gasteiger partial charge in [-0.2, -0.15) is 5.26 Å². The minimum Gasteiger partial charge on any atom is -0.360 e. The summed E-state index contributed by atoms with van der Waals surface area (Å²) in [5.41, 5.74) is 5.87. The van der Waals surface area contributed by atoms with Crippen molar-refractivity contribution in [3.8, 4) is 6.07 Å². The van der Waals surface area contributed by atoms with Crippen molar-refractivity contribution in [1.82, 2.24) is 4.90 Å². The van der Waals surface area contributed by atoms with Gasteiger partial charge in [0.2, 0.25) is 5.91 Å². The lowest BCUT2D eigenvalue weighted by Gasteiger charge is -2.32. The summed E-state index contributed by atoms with van der Waals surface area (Å²) in [4.78, 5) is 13.6. The average Bonchev–Trinajstić information content (AvgIpc) is 2.36. The van der Waals surface area contributed by atoms with Crippen LogP contribution in [0.1, 0.15) is 20.3 Å². The molecule has 0 saturated carbocycles. The third-order valence-electron chi connectivity index (χ3n) is 3.06. The van der Waals surface area contributed by atoms with E-state index in [0.29, 0.717) is 19.7 Å². The van der Waals surface area contributed by atoms with Gasteiger partial charge in [-0.05, 0) is 5.92 Å². The standard InChI is InChI=1S/C11H19N3O2/c1-3-8(2)10(13)11(15)14-4-5-16-9(6-12)7-14/h8-10H,3-5,7,13H2,1-2H3/t8-,9?,10-/m0/s1. The lowest BCUT2D eigenvalue weighted by Crippen LogP contribution is -2.52. The highest BCUT2D eigenvalue weighted by molar-refractivity contribution is 5.82. The van der Waals surface area contributed by atoms with Crippen molar-refractivity contribution < 1.29 is 9.53 Å². The van der Waals surface area contributed by atoms with Gasteiger partial charge in [-0.25, -0.2) is 0 Å². The fourth-order valence-electron chi connectivity index (χ4n) is 1.64. The molecule has 90 valence electrons. The van der Waals surface area contributed by atoms with Crippen LogP contribution in [0, 0.1) is 17.2 Å². The van der Waals surface area contributed by atoms with Gasteiger partial charge >= 0.3 is 0 Å². The summed E-state index contributed by atoms with van der Waals surface area (Å²) in [6.45, 7) is 5.25. The molecule has 1 unspecified atom stereocenters. The van der Waals surface area contributed by atoms with Crippen molar-refractivity contribution in [2.75, 3.05) is 19.7 Å². The van der Waals surface area contributed by atoms with E-state index in [2.05, 4.69) is 0 Å². The number of amides is 1. The lowest BCUT2D eigenvalue weighted by molar-refractivity contribution is -0.139. The lowest BCUT2D eigenvalue weighted by atomic mass is 9.98. The highest BCUT2D eigenvalue weighted by atomic mass is 16.5. The van der Waals surface area contributed by atoms with Crippen LogP contribution in [0.15, 0.2) is 0 Å². The van der Waals surface area contributed by atoms with Crippen LogP contribution < -0.4 is 5.73 Å². The van der Waals surface area contributed by atoms with E-state index in [1.54, 1.807) is 4.90 Å². The number of nitrogens with two attached hydrogens (primary N) is 1. The van der Waals surface area contributed by atoms with Crippen LogP contribution in [-0.4, -0.2) is 42.6 Å². The van der Waals surface area contributed by atoms with E-state index in [4.69, 9.17) is 15.7 Å². The van der Waals surface area contributed by atoms with E-state index >= 15 is 0 Å². The average molecular weight is 225 g/mol. The number of carbonyl (C=O) groups excluding carboxylic acids is 1. The first-order chi connectivity index (χ1) is 7.60. The molecule has 0 aromatic rings. The van der Waals surface area contributed by atoms with Crippen molar-refractivity contribution in [3.63, 3.8) is 0 Å². The summed E-state index contributed by atoms with van der Waals surface area (Å²) >= 11 is 0. The van der Waals surface area contributed by atoms with E-state index in [1.165, 1.54) is 0 Å². The van der Waals surface area contributed by atoms with Gasteiger partial charge in [-0.15, -0.1) is 0 Å². The Morgan fingerprint density at radius 1 is 1.75 bits per heavy atom. The maximum atomic E-state index is 12.0. The molecule has 2 N–H and O–H groups in total. The molecular weight excluding hydrogens is 206 g/mol. The van der Waals surface area contributed by atoms with Crippen molar-refractivity contribution in [3.05, 3.63) is 0 Å². The summed E-state index contributed by atoms with van der Waals surface area (Å²) in [5.74, 6) is 0.0915. The first-order valence-corrected chi connectivity index (χ1v) is 5.65. The minimum absolute atomic E-state index is 0.0714. The number of nitrogens with zero attached hydrogens (tertiary/aromatic N) is 2. The van der Waals surface area contributed by atoms with Gasteiger partial charge in [0.1, 0.15) is 0 Å². The summed E-state index contributed by atoms with van der Waals surface area (Å²) < 4.78 is 5.18. The number of ether oxygens (including phenoxy) is 1. The topological polar surface area (TPSA) is 79.3 Å². The zero-order valence-electron chi connectivity index (χ0n) is 9.85. The number of morpholine rings is 1. The highest BCUT2D eigenvalue weighted by Gasteiger charge is 2.29. The first-order valence-electron chi connectivity index (χ1n) is 5.65. The maximum absolute atomic E-state index is 12.0. The predicted octanol–water partition coefficient (Wildman–Crippen LogP) is 0.111. The fraction of sp³-hybridized carbons (Fsp3) is 0.818. The number of hydrogen-bond acceptors (Lipinski definition) is 4. The van der Waals surface area contributed by atoms with Gasteiger partial charge < -0.3 is 15.4 Å². The Morgan fingerprint density at radius 2 is 2.44 bits per heavy atom. The fourth-order valence-corrected chi connectivity index (χ4v) is 1.64. The molecule has 5 heteroatoms. The van der Waals surface area contributed by atoms with Crippen LogP contribution >= 0.6 is 0 Å². The molecule has 0 radical (unpaired) electrons. The number of rotatable bonds is 3. The third-order valence-corrected chi connectivity index (χ3v) is 3.06. The maximum Gasteiger partial charge on any atom is 0.239 e. The van der Waals surface area contributed by atoms with Gasteiger partial charge in [0.05, 0.1) is 25.3 Å². The van der Waals surface area contributed by atoms with Gasteiger partial charge in [0, 0.05) is 6.54 Å². The zero-order valence-corrected chi connectivity index (χ0v) is 9.85. The van der Waals surface area contributed by atoms with E-state index in [0.717, 1.165) is 6.42 Å². The Bertz CT molecular complexity index is 287. The monoisotopic (exact) mass is 225 g/mol. The first kappa shape index (κ1) is 12.9. The van der Waals surface area contributed by atoms with Crippen molar-refractivity contribution in [2.45, 2.75) is 32.4 Å². The number of carbonyl (C=O) groups is 1. The van der Waals surface area contributed by atoms with Gasteiger partial charge in [-0.1, -0.05) is 20.3 Å². The Kier molecular flexibility index (Phi) is 4.71. The summed E-state index contributed by atoms with van der Waals surface area (Å²) in [7, 11) is 0. The Morgan fingerprint density at radius 3 is 3.00 bits per heavy atom. The normalized spacial score (nSPS) is 24.6. The smallest absolute Gasteiger partial charge is 0.239 e. The molecular formula is C11H19N3O2. The molecule has 0 aliphatic carbocycles. The van der Waals surface area contributed by atoms with Crippen LogP contribution in [0.4, 0.5) is 0 Å². The second kappa shape index (κ2) is 5.83. The second-order valence-electron chi connectivity index (χ2n) is 4.18. The number of hydrogen-bond donors (Lipinski definition) is 1. The molecule has 1 aliphatic heterocycles. The molecule has 0 aromatic carbocycles. The van der Waals surface area contributed by atoms with Crippen molar-refractivity contribution >= 4 is 5.91 Å². The third kappa shape index (κ3) is 2.94. The molecule has 0 bridgehead atoms. The largest absolute Gasteiger partial charge is 0.360 e. The summed E-state index contributed by atoms with van der Waals surface area (Å²) in [6, 6.07) is 1.54. The van der Waals surface area contributed by atoms with Gasteiger partial charge in [-0.3, -0.25) is 4.79 Å². The second-order valence-corrected chi connectivity index (χ2v) is 4.18. The molecule has 1 saturated heterocycles. The summed E-state index contributed by atoms with van der Waals surface area (Å²) in [6.07, 6.45) is 0.362. The molecule has 1 amide bonds. The predicted molar refractivity (Wildman–Crippen MR) is 59.4 cm³/mol. The number of nitriles is 1. The summed E-state index contributed by atoms with van der Waals surface area (Å²) in [5, 5.41) is 8.74. The SMILES string of the molecule is CC[C@H](C)[C@H](N)C(=O)N1CCOC(C#N)C1. The molecule has 16 heavy (non-hydrogen) atoms. The van der Waals surface area contributed by atoms with E-state index in [-0.39, 0.29) is 11.8 Å². The molecule has 1 rings (SSSR count). The quantitative estimate of drug-likeness (QED) is 0.739.